The Hall–Kier alpha value is -1.62. The second-order valence-electron chi connectivity index (χ2n) is 5.70. The monoisotopic (exact) mass is 273 g/mol. The van der Waals surface area contributed by atoms with Crippen molar-refractivity contribution in [1.82, 2.24) is 14.6 Å². The lowest BCUT2D eigenvalue weighted by Crippen LogP contribution is -2.13. The number of nitrogen functional groups attached to an aromatic ring is 1. The number of nitrogens with one attached hydrogen (secondary N) is 1. The number of hydrogen-bond acceptors (Lipinski definition) is 4. The topological polar surface area (TPSA) is 68.2 Å². The number of hydrazine groups is 1. The highest BCUT2D eigenvalue weighted by Crippen LogP contribution is 2.32. The lowest BCUT2D eigenvalue weighted by molar-refractivity contribution is 0.435. The molecule has 3 rings (SSSR count). The number of nitrogens with two attached hydrogens (primary N) is 1. The van der Waals surface area contributed by atoms with E-state index in [4.69, 9.17) is 15.9 Å². The first kappa shape index (κ1) is 13.4. The maximum atomic E-state index is 5.63. The summed E-state index contributed by atoms with van der Waals surface area (Å²) in [5, 5.41) is 4.72. The fourth-order valence-electron chi connectivity index (χ4n) is 3.13. The Morgan fingerprint density at radius 1 is 1.30 bits per heavy atom. The molecule has 1 aliphatic carbocycles. The molecule has 2 heterocycles. The van der Waals surface area contributed by atoms with Gasteiger partial charge in [-0.1, -0.05) is 32.6 Å². The predicted octanol–water partition coefficient (Wildman–Crippen LogP) is 3.02. The molecule has 3 N–H and O–H groups in total. The van der Waals surface area contributed by atoms with Crippen molar-refractivity contribution in [2.24, 2.45) is 5.84 Å². The van der Waals surface area contributed by atoms with Crippen LogP contribution in [-0.4, -0.2) is 14.6 Å². The predicted molar refractivity (Wildman–Crippen MR) is 80.6 cm³/mol. The molecule has 0 aromatic carbocycles. The number of anilines is 1. The van der Waals surface area contributed by atoms with Gasteiger partial charge in [0.15, 0.2) is 5.65 Å². The number of aryl methyl sites for hydroxylation is 1. The molecule has 0 unspecified atom stereocenters. The summed E-state index contributed by atoms with van der Waals surface area (Å²) in [6, 6.07) is 4.13. The second kappa shape index (κ2) is 5.79. The molecule has 0 atom stereocenters. The molecule has 5 heteroatoms. The molecule has 1 fully saturated rings. The summed E-state index contributed by atoms with van der Waals surface area (Å²) < 4.78 is 1.84. The Balaban J connectivity index is 2.00. The number of rotatable bonds is 4. The molecule has 0 saturated heterocycles. The van der Waals surface area contributed by atoms with Crippen molar-refractivity contribution < 1.29 is 0 Å². The van der Waals surface area contributed by atoms with Gasteiger partial charge in [-0.25, -0.2) is 10.8 Å². The first-order chi connectivity index (χ1) is 9.81. The van der Waals surface area contributed by atoms with Crippen LogP contribution in [0.4, 0.5) is 5.82 Å². The van der Waals surface area contributed by atoms with Crippen LogP contribution < -0.4 is 11.3 Å². The van der Waals surface area contributed by atoms with Crippen molar-refractivity contribution in [2.75, 3.05) is 5.43 Å². The van der Waals surface area contributed by atoms with E-state index < -0.39 is 0 Å². The summed E-state index contributed by atoms with van der Waals surface area (Å²) in [4.78, 5) is 4.69. The lowest BCUT2D eigenvalue weighted by atomic mass is 9.87. The van der Waals surface area contributed by atoms with Gasteiger partial charge in [-0.05, 0) is 19.3 Å². The third kappa shape index (κ3) is 2.50. The van der Waals surface area contributed by atoms with Gasteiger partial charge in [0, 0.05) is 23.7 Å². The fraction of sp³-hybridized carbons (Fsp3) is 0.600. The largest absolute Gasteiger partial charge is 0.308 e. The van der Waals surface area contributed by atoms with E-state index >= 15 is 0 Å². The van der Waals surface area contributed by atoms with Crippen molar-refractivity contribution in [3.05, 3.63) is 23.5 Å². The highest BCUT2D eigenvalue weighted by Gasteiger charge is 2.19. The van der Waals surface area contributed by atoms with Gasteiger partial charge in [0.2, 0.25) is 0 Å². The van der Waals surface area contributed by atoms with E-state index in [-0.39, 0.29) is 0 Å². The molecule has 0 aliphatic heterocycles. The van der Waals surface area contributed by atoms with Gasteiger partial charge < -0.3 is 5.43 Å². The van der Waals surface area contributed by atoms with Gasteiger partial charge in [-0.3, -0.25) is 0 Å². The molecule has 0 radical (unpaired) electrons. The summed E-state index contributed by atoms with van der Waals surface area (Å²) >= 11 is 0. The Morgan fingerprint density at radius 3 is 2.80 bits per heavy atom. The average molecular weight is 273 g/mol. The third-order valence-corrected chi connectivity index (χ3v) is 4.18. The van der Waals surface area contributed by atoms with Crippen LogP contribution >= 0.6 is 0 Å². The van der Waals surface area contributed by atoms with Crippen LogP contribution in [0.25, 0.3) is 5.65 Å². The number of hydrogen-bond donors (Lipinski definition) is 2. The second-order valence-corrected chi connectivity index (χ2v) is 5.70. The third-order valence-electron chi connectivity index (χ3n) is 4.18. The molecule has 0 bridgehead atoms. The molecular formula is C15H23N5. The zero-order valence-corrected chi connectivity index (χ0v) is 12.1. The maximum absolute atomic E-state index is 5.63. The normalized spacial score (nSPS) is 16.7. The highest BCUT2D eigenvalue weighted by atomic mass is 15.4. The van der Waals surface area contributed by atoms with Crippen LogP contribution in [0.1, 0.15) is 62.8 Å². The molecule has 1 aliphatic rings. The number of fused-ring (bicyclic) bond motifs is 1. The zero-order valence-electron chi connectivity index (χ0n) is 12.1. The highest BCUT2D eigenvalue weighted by molar-refractivity contribution is 5.50. The first-order valence-corrected chi connectivity index (χ1v) is 7.68. The smallest absolute Gasteiger partial charge is 0.157 e. The molecule has 1 saturated carbocycles. The van der Waals surface area contributed by atoms with Crippen LogP contribution in [0, 0.1) is 0 Å². The number of aromatic nitrogens is 3. The molecule has 0 amide bonds. The van der Waals surface area contributed by atoms with Gasteiger partial charge in [-0.2, -0.15) is 9.61 Å². The van der Waals surface area contributed by atoms with E-state index in [2.05, 4.69) is 18.4 Å². The van der Waals surface area contributed by atoms with Gasteiger partial charge in [0.1, 0.15) is 5.82 Å². The van der Waals surface area contributed by atoms with E-state index in [9.17, 15) is 0 Å². The zero-order chi connectivity index (χ0) is 13.9. The Kier molecular flexibility index (Phi) is 3.87. The first-order valence-electron chi connectivity index (χ1n) is 7.68. The van der Waals surface area contributed by atoms with Crippen LogP contribution in [0.3, 0.4) is 0 Å². The van der Waals surface area contributed by atoms with Crippen molar-refractivity contribution >= 4 is 11.5 Å². The average Bonchev–Trinajstić information content (AvgIpc) is 2.91. The summed E-state index contributed by atoms with van der Waals surface area (Å²) in [6.45, 7) is 2.16. The van der Waals surface area contributed by atoms with E-state index in [0.717, 1.165) is 30.0 Å². The van der Waals surface area contributed by atoms with E-state index in [1.54, 1.807) is 0 Å². The summed E-state index contributed by atoms with van der Waals surface area (Å²) in [6.07, 6.45) is 8.53. The standard InChI is InChI=1S/C15H23N5/c1-2-6-12-9-15(18-16)20-14(17-12)10-13(19-20)11-7-4-3-5-8-11/h9-11,18H,2-8,16H2,1H3. The minimum atomic E-state index is 0.589. The fourth-order valence-corrected chi connectivity index (χ4v) is 3.13. The number of nitrogens with zero attached hydrogens (tertiary/aromatic N) is 3. The van der Waals surface area contributed by atoms with Crippen molar-refractivity contribution in [3.8, 4) is 0 Å². The quantitative estimate of drug-likeness (QED) is 0.663. The van der Waals surface area contributed by atoms with Gasteiger partial charge in [0.05, 0.1) is 5.69 Å². The minimum absolute atomic E-state index is 0.589. The van der Waals surface area contributed by atoms with Gasteiger partial charge in [-0.15, -0.1) is 0 Å². The van der Waals surface area contributed by atoms with Crippen molar-refractivity contribution in [1.29, 1.82) is 0 Å². The van der Waals surface area contributed by atoms with Crippen molar-refractivity contribution in [2.45, 2.75) is 57.8 Å². The SMILES string of the molecule is CCCc1cc(NN)n2nc(C3CCCCC3)cc2n1. The molecule has 2 aromatic rings. The van der Waals surface area contributed by atoms with Crippen LogP contribution in [-0.2, 0) is 6.42 Å². The molecule has 0 spiro atoms. The van der Waals surface area contributed by atoms with Crippen LogP contribution in [0.15, 0.2) is 12.1 Å². The van der Waals surface area contributed by atoms with Crippen LogP contribution in [0.5, 0.6) is 0 Å². The maximum Gasteiger partial charge on any atom is 0.157 e. The molecule has 20 heavy (non-hydrogen) atoms. The molecule has 5 nitrogen and oxygen atoms in total. The summed E-state index contributed by atoms with van der Waals surface area (Å²) in [5.74, 6) is 7.04. The minimum Gasteiger partial charge on any atom is -0.308 e. The molecule has 108 valence electrons. The Labute approximate surface area is 119 Å². The van der Waals surface area contributed by atoms with Crippen molar-refractivity contribution in [3.63, 3.8) is 0 Å². The van der Waals surface area contributed by atoms with Crippen LogP contribution in [0.2, 0.25) is 0 Å². The van der Waals surface area contributed by atoms with E-state index in [1.165, 1.54) is 37.8 Å². The molecular weight excluding hydrogens is 250 g/mol. The summed E-state index contributed by atoms with van der Waals surface area (Å²) in [5.41, 5.74) is 5.89. The Morgan fingerprint density at radius 2 is 2.10 bits per heavy atom. The molecule has 2 aromatic heterocycles. The van der Waals surface area contributed by atoms with Gasteiger partial charge >= 0.3 is 0 Å². The lowest BCUT2D eigenvalue weighted by Gasteiger charge is -2.19. The summed E-state index contributed by atoms with van der Waals surface area (Å²) in [7, 11) is 0. The van der Waals surface area contributed by atoms with Gasteiger partial charge in [0.25, 0.3) is 0 Å². The van der Waals surface area contributed by atoms with E-state index in [0.29, 0.717) is 5.92 Å². The Bertz CT molecular complexity index is 583. The van der Waals surface area contributed by atoms with E-state index in [1.807, 2.05) is 10.6 Å².